The molecule has 0 aromatic heterocycles. The monoisotopic (exact) mass is 439 g/mol. The van der Waals surface area contributed by atoms with Gasteiger partial charge < -0.3 is 5.32 Å². The molecule has 0 bridgehead atoms. The normalized spacial score (nSPS) is 11.1. The van der Waals surface area contributed by atoms with Gasteiger partial charge in [-0.2, -0.15) is 0 Å². The average Bonchev–Trinajstić information content (AvgIpc) is 2.71. The first-order valence-corrected chi connectivity index (χ1v) is 10.8. The number of amides is 1. The number of nitro groups is 1. The standard InChI is InChI=1S/C22H21N3O5S/c1-14-8-10-19(11-16(14)3)24-31(29,30)21-12-17(9-7-15(21)2)22(26)23-18-5-4-6-20(13-18)25(27)28/h4-13,24H,1-3H3,(H,23,26). The number of carbonyl (C=O) groups excluding carboxylic acids is 1. The van der Waals surface area contributed by atoms with Gasteiger partial charge in [-0.25, -0.2) is 8.42 Å². The van der Waals surface area contributed by atoms with E-state index in [0.29, 0.717) is 11.3 Å². The number of non-ortho nitro benzene ring substituents is 1. The van der Waals surface area contributed by atoms with Crippen molar-refractivity contribution < 1.29 is 18.1 Å². The maximum atomic E-state index is 13.0. The first-order valence-electron chi connectivity index (χ1n) is 9.33. The number of benzene rings is 3. The number of rotatable bonds is 6. The summed E-state index contributed by atoms with van der Waals surface area (Å²) in [4.78, 5) is 22.9. The summed E-state index contributed by atoms with van der Waals surface area (Å²) in [6.45, 7) is 5.45. The number of hydrogen-bond acceptors (Lipinski definition) is 5. The van der Waals surface area contributed by atoms with Crippen LogP contribution in [-0.4, -0.2) is 19.2 Å². The lowest BCUT2D eigenvalue weighted by molar-refractivity contribution is -0.384. The highest BCUT2D eigenvalue weighted by molar-refractivity contribution is 7.92. The molecule has 0 aliphatic rings. The van der Waals surface area contributed by atoms with Crippen molar-refractivity contribution in [1.82, 2.24) is 0 Å². The van der Waals surface area contributed by atoms with Gasteiger partial charge in [-0.05, 0) is 67.8 Å². The number of aryl methyl sites for hydroxylation is 3. The zero-order valence-electron chi connectivity index (χ0n) is 17.2. The number of nitrogens with one attached hydrogen (secondary N) is 2. The van der Waals surface area contributed by atoms with Gasteiger partial charge in [-0.1, -0.05) is 18.2 Å². The first kappa shape index (κ1) is 22.0. The minimum absolute atomic E-state index is 0.0302. The van der Waals surface area contributed by atoms with E-state index in [9.17, 15) is 23.3 Å². The fourth-order valence-electron chi connectivity index (χ4n) is 2.95. The summed E-state index contributed by atoms with van der Waals surface area (Å²) >= 11 is 0. The van der Waals surface area contributed by atoms with E-state index in [0.717, 1.165) is 11.1 Å². The lowest BCUT2D eigenvalue weighted by atomic mass is 10.1. The van der Waals surface area contributed by atoms with E-state index in [4.69, 9.17) is 0 Å². The topological polar surface area (TPSA) is 118 Å². The zero-order valence-corrected chi connectivity index (χ0v) is 18.0. The van der Waals surface area contributed by atoms with Gasteiger partial charge in [0.1, 0.15) is 0 Å². The maximum absolute atomic E-state index is 13.0. The number of nitrogens with zero attached hydrogens (tertiary/aromatic N) is 1. The largest absolute Gasteiger partial charge is 0.322 e. The summed E-state index contributed by atoms with van der Waals surface area (Å²) in [6, 6.07) is 15.1. The number of sulfonamides is 1. The van der Waals surface area contributed by atoms with Crippen LogP contribution in [0.1, 0.15) is 27.0 Å². The summed E-state index contributed by atoms with van der Waals surface area (Å²) in [5.74, 6) is -0.580. The molecule has 3 aromatic rings. The summed E-state index contributed by atoms with van der Waals surface area (Å²) in [5.41, 5.74) is 3.07. The molecule has 9 heteroatoms. The minimum atomic E-state index is -3.94. The van der Waals surface area contributed by atoms with E-state index >= 15 is 0 Å². The van der Waals surface area contributed by atoms with Gasteiger partial charge in [0.15, 0.2) is 0 Å². The van der Waals surface area contributed by atoms with E-state index in [1.807, 2.05) is 19.9 Å². The first-order chi connectivity index (χ1) is 14.6. The van der Waals surface area contributed by atoms with Crippen molar-refractivity contribution in [2.75, 3.05) is 10.0 Å². The average molecular weight is 439 g/mol. The molecule has 8 nitrogen and oxygen atoms in total. The molecule has 0 radical (unpaired) electrons. The van der Waals surface area contributed by atoms with Gasteiger partial charge in [-0.3, -0.25) is 19.6 Å². The third kappa shape index (κ3) is 5.07. The summed E-state index contributed by atoms with van der Waals surface area (Å²) < 4.78 is 28.5. The van der Waals surface area contributed by atoms with Crippen molar-refractivity contribution in [3.63, 3.8) is 0 Å². The Bertz CT molecular complexity index is 1290. The molecule has 0 atom stereocenters. The molecule has 0 fully saturated rings. The molecular weight excluding hydrogens is 418 g/mol. The molecule has 0 heterocycles. The molecule has 31 heavy (non-hydrogen) atoms. The van der Waals surface area contributed by atoms with Crippen LogP contribution in [0.25, 0.3) is 0 Å². The highest BCUT2D eigenvalue weighted by Gasteiger charge is 2.20. The predicted octanol–water partition coefficient (Wildman–Crippen LogP) is 4.57. The Labute approximate surface area is 180 Å². The number of anilines is 2. The quantitative estimate of drug-likeness (QED) is 0.431. The van der Waals surface area contributed by atoms with Crippen LogP contribution in [-0.2, 0) is 10.0 Å². The number of hydrogen-bond donors (Lipinski definition) is 2. The molecular formula is C22H21N3O5S. The second kappa shape index (κ2) is 8.57. The van der Waals surface area contributed by atoms with E-state index in [1.165, 1.54) is 42.5 Å². The molecule has 0 aliphatic carbocycles. The number of nitro benzene ring substituents is 1. The molecule has 1 amide bonds. The summed E-state index contributed by atoms with van der Waals surface area (Å²) in [5, 5.41) is 13.5. The molecule has 160 valence electrons. The smallest absolute Gasteiger partial charge is 0.271 e. The summed E-state index contributed by atoms with van der Waals surface area (Å²) in [6.07, 6.45) is 0. The lowest BCUT2D eigenvalue weighted by Crippen LogP contribution is -2.17. The molecule has 0 aliphatic heterocycles. The molecule has 0 spiro atoms. The van der Waals surface area contributed by atoms with Crippen molar-refractivity contribution in [1.29, 1.82) is 0 Å². The van der Waals surface area contributed by atoms with E-state index in [-0.39, 0.29) is 21.8 Å². The van der Waals surface area contributed by atoms with Crippen LogP contribution in [0.3, 0.4) is 0 Å². The van der Waals surface area contributed by atoms with Crippen LogP contribution in [0.5, 0.6) is 0 Å². The van der Waals surface area contributed by atoms with Crippen molar-refractivity contribution in [3.05, 3.63) is 93.0 Å². The molecule has 0 saturated carbocycles. The van der Waals surface area contributed by atoms with Crippen LogP contribution in [0.15, 0.2) is 65.6 Å². The highest BCUT2D eigenvalue weighted by atomic mass is 32.2. The zero-order chi connectivity index (χ0) is 22.8. The van der Waals surface area contributed by atoms with Gasteiger partial charge >= 0.3 is 0 Å². The van der Waals surface area contributed by atoms with Crippen LogP contribution in [0, 0.1) is 30.9 Å². The Morgan fingerprint density at radius 3 is 2.26 bits per heavy atom. The molecule has 0 saturated heterocycles. The highest BCUT2D eigenvalue weighted by Crippen LogP contribution is 2.23. The van der Waals surface area contributed by atoms with E-state index < -0.39 is 20.9 Å². The molecule has 0 unspecified atom stereocenters. The van der Waals surface area contributed by atoms with Gasteiger partial charge in [-0.15, -0.1) is 0 Å². The van der Waals surface area contributed by atoms with E-state index in [1.54, 1.807) is 19.1 Å². The molecule has 3 rings (SSSR count). The second-order valence-corrected chi connectivity index (χ2v) is 8.80. The molecule has 2 N–H and O–H groups in total. The SMILES string of the molecule is Cc1ccc(NS(=O)(=O)c2cc(C(=O)Nc3cccc([N+](=O)[O-])c3)ccc2C)cc1C. The second-order valence-electron chi connectivity index (χ2n) is 7.15. The Hall–Kier alpha value is -3.72. The van der Waals surface area contributed by atoms with Crippen molar-refractivity contribution in [2.24, 2.45) is 0 Å². The van der Waals surface area contributed by atoms with Crippen LogP contribution in [0.4, 0.5) is 17.1 Å². The fraction of sp³-hybridized carbons (Fsp3) is 0.136. The van der Waals surface area contributed by atoms with E-state index in [2.05, 4.69) is 10.0 Å². The van der Waals surface area contributed by atoms with Crippen molar-refractivity contribution in [3.8, 4) is 0 Å². The Kier molecular flexibility index (Phi) is 6.07. The van der Waals surface area contributed by atoms with Crippen LogP contribution in [0.2, 0.25) is 0 Å². The summed E-state index contributed by atoms with van der Waals surface area (Å²) in [7, 11) is -3.94. The van der Waals surface area contributed by atoms with Gasteiger partial charge in [0.2, 0.25) is 0 Å². The van der Waals surface area contributed by atoms with Crippen molar-refractivity contribution >= 4 is 33.0 Å². The lowest BCUT2D eigenvalue weighted by Gasteiger charge is -2.13. The Morgan fingerprint density at radius 2 is 1.58 bits per heavy atom. The third-order valence-corrected chi connectivity index (χ3v) is 6.34. The van der Waals surface area contributed by atoms with Gasteiger partial charge in [0.05, 0.1) is 9.82 Å². The van der Waals surface area contributed by atoms with Crippen molar-refractivity contribution in [2.45, 2.75) is 25.7 Å². The van der Waals surface area contributed by atoms with Crippen LogP contribution >= 0.6 is 0 Å². The maximum Gasteiger partial charge on any atom is 0.271 e. The third-order valence-electron chi connectivity index (χ3n) is 4.81. The van der Waals surface area contributed by atoms with Gasteiger partial charge in [0.25, 0.3) is 21.6 Å². The van der Waals surface area contributed by atoms with Gasteiger partial charge in [0, 0.05) is 29.1 Å². The Morgan fingerprint density at radius 1 is 0.871 bits per heavy atom. The Balaban J connectivity index is 1.88. The minimum Gasteiger partial charge on any atom is -0.322 e. The van der Waals surface area contributed by atoms with Crippen LogP contribution < -0.4 is 10.0 Å². The molecule has 3 aromatic carbocycles. The fourth-order valence-corrected chi connectivity index (χ4v) is 4.27. The number of carbonyl (C=O) groups is 1. The predicted molar refractivity (Wildman–Crippen MR) is 119 cm³/mol.